The lowest BCUT2D eigenvalue weighted by Crippen LogP contribution is -2.09. The van der Waals surface area contributed by atoms with Crippen molar-refractivity contribution < 1.29 is 0 Å². The molecule has 0 saturated heterocycles. The summed E-state index contributed by atoms with van der Waals surface area (Å²) in [4.78, 5) is 0. The summed E-state index contributed by atoms with van der Waals surface area (Å²) in [6.07, 6.45) is 9.71. The van der Waals surface area contributed by atoms with E-state index in [2.05, 4.69) is 22.9 Å². The molecular weight excluding hydrogens is 198 g/mol. The summed E-state index contributed by atoms with van der Waals surface area (Å²) >= 11 is 0. The van der Waals surface area contributed by atoms with Gasteiger partial charge in [0.15, 0.2) is 0 Å². The van der Waals surface area contributed by atoms with Crippen LogP contribution >= 0.6 is 0 Å². The number of hydrogen-bond donors (Lipinski definition) is 1. The highest BCUT2D eigenvalue weighted by atomic mass is 15.3. The van der Waals surface area contributed by atoms with E-state index in [9.17, 15) is 0 Å². The van der Waals surface area contributed by atoms with Crippen molar-refractivity contribution in [3.05, 3.63) is 17.5 Å². The summed E-state index contributed by atoms with van der Waals surface area (Å²) in [6.45, 7) is 3.95. The van der Waals surface area contributed by atoms with Gasteiger partial charge in [0.1, 0.15) is 0 Å². The summed E-state index contributed by atoms with van der Waals surface area (Å²) in [7, 11) is 0. The molecule has 2 rings (SSSR count). The van der Waals surface area contributed by atoms with Crippen molar-refractivity contribution in [2.75, 3.05) is 6.54 Å². The minimum absolute atomic E-state index is 0.759. The molecule has 0 radical (unpaired) electrons. The molecule has 1 fully saturated rings. The Morgan fingerprint density at radius 1 is 1.44 bits per heavy atom. The van der Waals surface area contributed by atoms with Gasteiger partial charge in [-0.25, -0.2) is 0 Å². The first-order chi connectivity index (χ1) is 7.86. The van der Waals surface area contributed by atoms with Crippen molar-refractivity contribution in [2.45, 2.75) is 57.9 Å². The van der Waals surface area contributed by atoms with Crippen LogP contribution in [0, 0.1) is 0 Å². The summed E-state index contributed by atoms with van der Waals surface area (Å²) in [6, 6.07) is 0. The molecular formula is C13H23N3. The van der Waals surface area contributed by atoms with Crippen LogP contribution in [0.3, 0.4) is 0 Å². The van der Waals surface area contributed by atoms with E-state index in [1.54, 1.807) is 0 Å². The maximum atomic E-state index is 5.59. The number of rotatable bonds is 5. The Hall–Kier alpha value is -0.830. The van der Waals surface area contributed by atoms with Crippen LogP contribution in [0.25, 0.3) is 0 Å². The SMILES string of the molecule is CCn1ncc(CCCN)c1C1CCCC1. The molecule has 90 valence electrons. The van der Waals surface area contributed by atoms with E-state index in [4.69, 9.17) is 5.73 Å². The van der Waals surface area contributed by atoms with Gasteiger partial charge >= 0.3 is 0 Å². The highest BCUT2D eigenvalue weighted by Crippen LogP contribution is 2.36. The van der Waals surface area contributed by atoms with Crippen LogP contribution in [0.4, 0.5) is 0 Å². The Morgan fingerprint density at radius 3 is 2.81 bits per heavy atom. The second-order valence-corrected chi connectivity index (χ2v) is 4.74. The maximum Gasteiger partial charge on any atom is 0.0524 e. The monoisotopic (exact) mass is 221 g/mol. The molecule has 1 aliphatic carbocycles. The molecule has 1 heterocycles. The Balaban J connectivity index is 2.19. The first kappa shape index (κ1) is 11.6. The molecule has 0 spiro atoms. The van der Waals surface area contributed by atoms with E-state index in [0.29, 0.717) is 0 Å². The third kappa shape index (κ3) is 2.29. The predicted octanol–water partition coefficient (Wildman–Crippen LogP) is 2.45. The van der Waals surface area contributed by atoms with Gasteiger partial charge in [-0.15, -0.1) is 0 Å². The third-order valence-electron chi connectivity index (χ3n) is 3.65. The van der Waals surface area contributed by atoms with Gasteiger partial charge in [0, 0.05) is 18.2 Å². The van der Waals surface area contributed by atoms with Gasteiger partial charge < -0.3 is 5.73 Å². The van der Waals surface area contributed by atoms with E-state index in [1.807, 2.05) is 0 Å². The van der Waals surface area contributed by atoms with Crippen molar-refractivity contribution in [3.63, 3.8) is 0 Å². The van der Waals surface area contributed by atoms with E-state index in [-0.39, 0.29) is 0 Å². The normalized spacial score (nSPS) is 17.1. The number of aryl methyl sites for hydroxylation is 2. The first-order valence-corrected chi connectivity index (χ1v) is 6.61. The molecule has 3 heteroatoms. The van der Waals surface area contributed by atoms with E-state index >= 15 is 0 Å². The molecule has 0 aliphatic heterocycles. The lowest BCUT2D eigenvalue weighted by molar-refractivity contribution is 0.563. The summed E-state index contributed by atoms with van der Waals surface area (Å²) in [5, 5.41) is 4.51. The van der Waals surface area contributed by atoms with Gasteiger partial charge in [-0.3, -0.25) is 4.68 Å². The quantitative estimate of drug-likeness (QED) is 0.830. The van der Waals surface area contributed by atoms with Gasteiger partial charge in [-0.1, -0.05) is 12.8 Å². The molecule has 0 bridgehead atoms. The Morgan fingerprint density at radius 2 is 2.19 bits per heavy atom. The Bertz CT molecular complexity index is 324. The molecule has 16 heavy (non-hydrogen) atoms. The smallest absolute Gasteiger partial charge is 0.0524 e. The maximum absolute atomic E-state index is 5.59. The fourth-order valence-corrected chi connectivity index (χ4v) is 2.84. The largest absolute Gasteiger partial charge is 0.330 e. The first-order valence-electron chi connectivity index (χ1n) is 6.61. The van der Waals surface area contributed by atoms with Crippen LogP contribution in [-0.4, -0.2) is 16.3 Å². The van der Waals surface area contributed by atoms with Crippen molar-refractivity contribution in [1.29, 1.82) is 0 Å². The van der Waals surface area contributed by atoms with Crippen LogP contribution in [0.15, 0.2) is 6.20 Å². The summed E-state index contributed by atoms with van der Waals surface area (Å²) < 4.78 is 2.20. The Kier molecular flexibility index (Phi) is 3.99. The molecule has 1 aromatic rings. The Labute approximate surface area is 98.0 Å². The third-order valence-corrected chi connectivity index (χ3v) is 3.65. The molecule has 1 saturated carbocycles. The topological polar surface area (TPSA) is 43.8 Å². The van der Waals surface area contributed by atoms with Gasteiger partial charge in [0.2, 0.25) is 0 Å². The average Bonchev–Trinajstić information content (AvgIpc) is 2.94. The van der Waals surface area contributed by atoms with Crippen LogP contribution < -0.4 is 5.73 Å². The number of hydrogen-bond acceptors (Lipinski definition) is 2. The van der Waals surface area contributed by atoms with Crippen molar-refractivity contribution in [2.24, 2.45) is 5.73 Å². The van der Waals surface area contributed by atoms with Crippen LogP contribution in [0.1, 0.15) is 56.2 Å². The predicted molar refractivity (Wildman–Crippen MR) is 66.5 cm³/mol. The highest BCUT2D eigenvalue weighted by Gasteiger charge is 2.23. The van der Waals surface area contributed by atoms with E-state index in [1.165, 1.54) is 36.9 Å². The van der Waals surface area contributed by atoms with Gasteiger partial charge in [-0.2, -0.15) is 5.10 Å². The molecule has 0 atom stereocenters. The average molecular weight is 221 g/mol. The zero-order valence-corrected chi connectivity index (χ0v) is 10.3. The van der Waals surface area contributed by atoms with E-state index < -0.39 is 0 Å². The standard InChI is InChI=1S/C13H23N3/c1-2-16-13(11-6-3-4-7-11)12(10-15-16)8-5-9-14/h10-11H,2-9,14H2,1H3. The summed E-state index contributed by atoms with van der Waals surface area (Å²) in [5.41, 5.74) is 8.54. The van der Waals surface area contributed by atoms with Gasteiger partial charge in [-0.05, 0) is 44.7 Å². The minimum atomic E-state index is 0.759. The number of nitrogens with zero attached hydrogens (tertiary/aromatic N) is 2. The molecule has 2 N–H and O–H groups in total. The zero-order chi connectivity index (χ0) is 11.4. The van der Waals surface area contributed by atoms with Crippen molar-refractivity contribution in [3.8, 4) is 0 Å². The molecule has 0 unspecified atom stereocenters. The minimum Gasteiger partial charge on any atom is -0.330 e. The lowest BCUT2D eigenvalue weighted by atomic mass is 9.98. The van der Waals surface area contributed by atoms with Gasteiger partial charge in [0.05, 0.1) is 6.20 Å². The second-order valence-electron chi connectivity index (χ2n) is 4.74. The van der Waals surface area contributed by atoms with Crippen LogP contribution in [0.5, 0.6) is 0 Å². The zero-order valence-electron chi connectivity index (χ0n) is 10.3. The lowest BCUT2D eigenvalue weighted by Gasteiger charge is -2.14. The van der Waals surface area contributed by atoms with Crippen molar-refractivity contribution >= 4 is 0 Å². The van der Waals surface area contributed by atoms with Crippen LogP contribution in [-0.2, 0) is 13.0 Å². The molecule has 1 aliphatic rings. The molecule has 0 aromatic carbocycles. The fourth-order valence-electron chi connectivity index (χ4n) is 2.84. The number of aromatic nitrogens is 2. The van der Waals surface area contributed by atoms with Gasteiger partial charge in [0.25, 0.3) is 0 Å². The fraction of sp³-hybridized carbons (Fsp3) is 0.769. The van der Waals surface area contributed by atoms with Crippen LogP contribution in [0.2, 0.25) is 0 Å². The highest BCUT2D eigenvalue weighted by molar-refractivity contribution is 5.23. The molecule has 3 nitrogen and oxygen atoms in total. The number of nitrogens with two attached hydrogens (primary N) is 1. The van der Waals surface area contributed by atoms with Crippen molar-refractivity contribution in [1.82, 2.24) is 9.78 Å². The second kappa shape index (κ2) is 5.48. The molecule has 0 amide bonds. The van der Waals surface area contributed by atoms with E-state index in [0.717, 1.165) is 31.8 Å². The molecule has 1 aromatic heterocycles. The summed E-state index contributed by atoms with van der Waals surface area (Å²) in [5.74, 6) is 0.759.